The van der Waals surface area contributed by atoms with Gasteiger partial charge in [-0.15, -0.1) is 0 Å². The number of fused-ring (bicyclic) bond motifs is 2. The second kappa shape index (κ2) is 32.0. The van der Waals surface area contributed by atoms with Crippen molar-refractivity contribution in [2.24, 2.45) is 5.16 Å². The Bertz CT molecular complexity index is 3370. The second-order valence-electron chi connectivity index (χ2n) is 31.5. The van der Waals surface area contributed by atoms with Crippen molar-refractivity contribution >= 4 is 79.9 Å². The number of amides is 2. The van der Waals surface area contributed by atoms with Gasteiger partial charge in [-0.25, -0.2) is 19.6 Å². The highest BCUT2D eigenvalue weighted by Gasteiger charge is 2.34. The average Bonchev–Trinajstić information content (AvgIpc) is 1.68. The van der Waals surface area contributed by atoms with Crippen LogP contribution in [0.15, 0.2) is 63.2 Å². The van der Waals surface area contributed by atoms with E-state index in [1.165, 1.54) is 6.21 Å². The first kappa shape index (κ1) is 74.2. The third-order valence-corrected chi connectivity index (χ3v) is 22.5. The predicted molar refractivity (Wildman–Crippen MR) is 377 cm³/mol. The van der Waals surface area contributed by atoms with Gasteiger partial charge in [0, 0.05) is 131 Å². The summed E-state index contributed by atoms with van der Waals surface area (Å²) in [6, 6.07) is 11.8. The molecule has 514 valence electrons. The highest BCUT2D eigenvalue weighted by molar-refractivity contribution is 6.77. The minimum absolute atomic E-state index is 0.00771. The second-order valence-corrected chi connectivity index (χ2v) is 54.0. The molecule has 1 N–H and O–H groups in total. The number of ether oxygens (including phenoxy) is 6. The Balaban J connectivity index is 0.000000264. The van der Waals surface area contributed by atoms with Crippen LogP contribution in [-0.2, 0) is 28.4 Å². The fourth-order valence-electron chi connectivity index (χ4n) is 10.4. The van der Waals surface area contributed by atoms with Crippen LogP contribution in [0.4, 0.5) is 21.2 Å². The van der Waals surface area contributed by atoms with Crippen molar-refractivity contribution in [3.8, 4) is 22.3 Å². The molecule has 6 aromatic heterocycles. The third-order valence-electron chi connectivity index (χ3n) is 15.7. The SMILES string of the molecule is CC(C)(C)OC(=O)N1CCCC(c2cc(N(COCC[Si](C)(C)C)COCC[Si](C)(C)C)n3ncc(-c4coc(C=NO)c4)c3n2)C1.CC(C)(C)OC(=O)N1CCCC(c2cc(N(COCC[Si](C)(C)C)COCC[Si](C)(C)C)n3ncc(-c4coc(C=O)c4)c3n2)C1. The molecule has 6 aromatic rings. The van der Waals surface area contributed by atoms with E-state index < -0.39 is 43.5 Å². The Labute approximate surface area is 554 Å². The first-order valence-corrected chi connectivity index (χ1v) is 47.7. The zero-order valence-corrected chi connectivity index (χ0v) is 62.9. The van der Waals surface area contributed by atoms with Crippen LogP contribution >= 0.6 is 0 Å². The highest BCUT2D eigenvalue weighted by atomic mass is 28.3. The van der Waals surface area contributed by atoms with Gasteiger partial charge >= 0.3 is 12.2 Å². The normalized spacial score (nSPS) is 16.3. The van der Waals surface area contributed by atoms with E-state index in [0.29, 0.717) is 103 Å². The van der Waals surface area contributed by atoms with Crippen LogP contribution < -0.4 is 9.80 Å². The number of furan rings is 2. The quantitative estimate of drug-likeness (QED) is 0.00913. The molecule has 2 aliphatic heterocycles. The maximum Gasteiger partial charge on any atom is 0.410 e. The summed E-state index contributed by atoms with van der Waals surface area (Å²) >= 11 is 0. The molecule has 2 unspecified atom stereocenters. The number of hydrogen-bond acceptors (Lipinski definition) is 19. The number of carbonyl (C=O) groups is 3. The average molecular weight is 1360 g/mol. The van der Waals surface area contributed by atoms with Crippen LogP contribution in [0.2, 0.25) is 103 Å². The Morgan fingerprint density at radius 2 is 0.935 bits per heavy atom. The molecule has 2 saturated heterocycles. The molecule has 8 rings (SSSR count). The summed E-state index contributed by atoms with van der Waals surface area (Å²) in [6.45, 7) is 45.7. The largest absolute Gasteiger partial charge is 0.463 e. The van der Waals surface area contributed by atoms with Crippen molar-refractivity contribution in [2.45, 2.75) is 193 Å². The van der Waals surface area contributed by atoms with Crippen molar-refractivity contribution in [1.82, 2.24) is 39.0 Å². The van der Waals surface area contributed by atoms with Gasteiger partial charge < -0.3 is 62.1 Å². The lowest BCUT2D eigenvalue weighted by molar-refractivity contribution is 0.0187. The molecule has 0 radical (unpaired) electrons. The summed E-state index contributed by atoms with van der Waals surface area (Å²) < 4.78 is 51.2. The van der Waals surface area contributed by atoms with E-state index in [-0.39, 0.29) is 29.8 Å². The zero-order valence-electron chi connectivity index (χ0n) is 58.9. The lowest BCUT2D eigenvalue weighted by Gasteiger charge is -2.34. The van der Waals surface area contributed by atoms with Crippen molar-refractivity contribution in [3.63, 3.8) is 0 Å². The standard InChI is InChI=1S/C33H54N6O6Si2.C33H53N5O6Si2/c1-33(2,3)45-32(40)37-12-10-11-25(21-37)29-18-30(38(23-42-13-15-46(4,5)6)24-43-14-16-47(7,8)9)39-31(36-29)28(20-34-39)26-17-27(19-35-41)44-22-26;1-33(2,3)44-32(40)36-12-10-11-25(20-36)29-18-30(38-31(35-29)28(19-34-38)26-17-27(21-39)43-22-26)37(23-41-13-15-45(4,5)6)24-42-14-16-46(7,8)9/h17-20,22,25,41H,10-16,21,23-24H2,1-9H3;17-19,21-22,25H,10-16,20,23-24H2,1-9H3. The Kier molecular flexibility index (Phi) is 25.5. The van der Waals surface area contributed by atoms with Gasteiger partial charge in [0.1, 0.15) is 61.7 Å². The van der Waals surface area contributed by atoms with E-state index in [2.05, 4.69) is 106 Å². The lowest BCUT2D eigenvalue weighted by Crippen LogP contribution is -2.42. The fraction of sp³-hybridized carbons (Fsp3) is 0.636. The van der Waals surface area contributed by atoms with Crippen molar-refractivity contribution in [3.05, 3.63) is 72.1 Å². The highest BCUT2D eigenvalue weighted by Crippen LogP contribution is 2.36. The van der Waals surface area contributed by atoms with E-state index in [9.17, 15) is 14.4 Å². The summed E-state index contributed by atoms with van der Waals surface area (Å²) in [7, 11) is -5.11. The molecule has 93 heavy (non-hydrogen) atoms. The van der Waals surface area contributed by atoms with Crippen LogP contribution in [0.1, 0.15) is 107 Å². The summed E-state index contributed by atoms with van der Waals surface area (Å²) in [4.78, 5) is 55.5. The summed E-state index contributed by atoms with van der Waals surface area (Å²) in [5.41, 5.74) is 4.85. The Hall–Kier alpha value is -6.21. The molecule has 2 fully saturated rings. The van der Waals surface area contributed by atoms with Crippen molar-refractivity contribution < 1.29 is 56.8 Å². The fourth-order valence-corrected chi connectivity index (χ4v) is 13.4. The number of carbonyl (C=O) groups excluding carboxylic acids is 3. The Morgan fingerprint density at radius 3 is 1.26 bits per heavy atom. The van der Waals surface area contributed by atoms with Gasteiger partial charge in [0.2, 0.25) is 0 Å². The van der Waals surface area contributed by atoms with Crippen molar-refractivity contribution in [1.29, 1.82) is 0 Å². The van der Waals surface area contributed by atoms with Crippen LogP contribution in [0, 0.1) is 0 Å². The molecule has 0 bridgehead atoms. The minimum atomic E-state index is -1.28. The van der Waals surface area contributed by atoms with E-state index in [1.54, 1.807) is 46.9 Å². The first-order chi connectivity index (χ1) is 43.6. The van der Waals surface area contributed by atoms with Gasteiger partial charge in [-0.1, -0.05) is 83.7 Å². The number of rotatable bonds is 28. The molecule has 0 saturated carbocycles. The van der Waals surface area contributed by atoms with E-state index in [0.717, 1.165) is 95.1 Å². The summed E-state index contributed by atoms with van der Waals surface area (Å²) in [5.74, 6) is 2.22. The number of aldehydes is 1. The molecule has 2 amide bonds. The number of oxime groups is 1. The summed E-state index contributed by atoms with van der Waals surface area (Å²) in [5, 5.41) is 21.6. The van der Waals surface area contributed by atoms with Gasteiger partial charge in [0.25, 0.3) is 0 Å². The lowest BCUT2D eigenvalue weighted by atomic mass is 9.94. The van der Waals surface area contributed by atoms with Gasteiger partial charge in [-0.3, -0.25) is 4.79 Å². The molecular weight excluding hydrogens is 1250 g/mol. The molecule has 0 aromatic carbocycles. The minimum Gasteiger partial charge on any atom is -0.463 e. The third kappa shape index (κ3) is 23.3. The molecule has 0 aliphatic carbocycles. The van der Waals surface area contributed by atoms with Crippen LogP contribution in [-0.4, -0.2) is 192 Å². The first-order valence-electron chi connectivity index (χ1n) is 32.9. The van der Waals surface area contributed by atoms with E-state index >= 15 is 0 Å². The van der Waals surface area contributed by atoms with Crippen molar-refractivity contribution in [2.75, 3.05) is 89.3 Å². The number of likely N-dealkylation sites (tertiary alicyclic amines) is 2. The number of hydrogen-bond donors (Lipinski definition) is 1. The number of nitrogens with zero attached hydrogens (tertiary/aromatic N) is 11. The zero-order chi connectivity index (χ0) is 68.1. The maximum absolute atomic E-state index is 13.1. The van der Waals surface area contributed by atoms with Gasteiger partial charge in [-0.05, 0) is 104 Å². The Morgan fingerprint density at radius 1 is 0.581 bits per heavy atom. The van der Waals surface area contributed by atoms with Crippen LogP contribution in [0.3, 0.4) is 0 Å². The number of piperidine rings is 2. The molecule has 23 nitrogen and oxygen atoms in total. The molecule has 2 atom stereocenters. The monoisotopic (exact) mass is 1360 g/mol. The summed E-state index contributed by atoms with van der Waals surface area (Å²) in [6.07, 6.45) is 11.4. The molecule has 8 heterocycles. The smallest absolute Gasteiger partial charge is 0.410 e. The van der Waals surface area contributed by atoms with Gasteiger partial charge in [0.05, 0.1) is 36.3 Å². The van der Waals surface area contributed by atoms with Crippen LogP contribution in [0.25, 0.3) is 33.5 Å². The maximum atomic E-state index is 13.1. The number of anilines is 2. The van der Waals surface area contributed by atoms with E-state index in [4.69, 9.17) is 62.6 Å². The predicted octanol–water partition coefficient (Wildman–Crippen LogP) is 14.7. The molecule has 27 heteroatoms. The van der Waals surface area contributed by atoms with E-state index in [1.807, 2.05) is 50.6 Å². The van der Waals surface area contributed by atoms with Gasteiger partial charge in [0.15, 0.2) is 23.3 Å². The molecule has 0 spiro atoms. The number of aromatic nitrogens is 6. The molecule has 2 aliphatic rings. The van der Waals surface area contributed by atoms with Gasteiger partial charge in [-0.2, -0.15) is 19.2 Å². The van der Waals surface area contributed by atoms with Crippen LogP contribution in [0.5, 0.6) is 0 Å². The molecular formula is C66H107N11O12Si4. The topological polar surface area (TPSA) is 239 Å².